The van der Waals surface area contributed by atoms with E-state index in [1.807, 2.05) is 20.8 Å². The lowest BCUT2D eigenvalue weighted by Gasteiger charge is -2.29. The van der Waals surface area contributed by atoms with Crippen molar-refractivity contribution in [1.29, 1.82) is 0 Å². The number of carboxylic acids is 1. The lowest BCUT2D eigenvalue weighted by atomic mass is 10.0. The highest BCUT2D eigenvalue weighted by Crippen LogP contribution is 2.35. The minimum absolute atomic E-state index is 0.109. The van der Waals surface area contributed by atoms with Gasteiger partial charge in [-0.25, -0.2) is 9.59 Å². The molecule has 1 fully saturated rings. The Balaban J connectivity index is 2.26. The summed E-state index contributed by atoms with van der Waals surface area (Å²) in [6, 6.07) is 4.82. The summed E-state index contributed by atoms with van der Waals surface area (Å²) in [5.41, 5.74) is 0.419. The van der Waals surface area contributed by atoms with Crippen LogP contribution in [0.5, 0.6) is 5.75 Å². The number of nitrogens with zero attached hydrogens (tertiary/aromatic N) is 1. The third-order valence-corrected chi connectivity index (χ3v) is 3.72. The second-order valence-electron chi connectivity index (χ2n) is 6.60. The maximum atomic E-state index is 12.4. The standard InChI is InChI=1S/C17H23NO5/c1-17(2,3)23-16(21)18-9-5-6-13(18)11-7-8-12(15(19)20)14(10-11)22-4/h7-8,10,13H,5-6,9H2,1-4H3,(H,19,20). The fourth-order valence-corrected chi connectivity index (χ4v) is 2.74. The van der Waals surface area contributed by atoms with E-state index >= 15 is 0 Å². The molecule has 1 heterocycles. The van der Waals surface area contributed by atoms with E-state index in [1.54, 1.807) is 17.0 Å². The molecule has 126 valence electrons. The summed E-state index contributed by atoms with van der Waals surface area (Å²) in [7, 11) is 1.44. The Bertz CT molecular complexity index is 605. The van der Waals surface area contributed by atoms with Gasteiger partial charge in [0.15, 0.2) is 0 Å². The summed E-state index contributed by atoms with van der Waals surface area (Å²) < 4.78 is 10.6. The van der Waals surface area contributed by atoms with Gasteiger partial charge in [0, 0.05) is 6.54 Å². The van der Waals surface area contributed by atoms with Gasteiger partial charge in [-0.05, 0) is 51.3 Å². The van der Waals surface area contributed by atoms with Crippen molar-refractivity contribution in [2.24, 2.45) is 0 Å². The Morgan fingerprint density at radius 3 is 2.57 bits per heavy atom. The highest BCUT2D eigenvalue weighted by molar-refractivity contribution is 5.91. The zero-order chi connectivity index (χ0) is 17.2. The summed E-state index contributed by atoms with van der Waals surface area (Å²) in [4.78, 5) is 25.2. The van der Waals surface area contributed by atoms with Crippen LogP contribution in [0.1, 0.15) is 55.6 Å². The number of likely N-dealkylation sites (tertiary alicyclic amines) is 1. The van der Waals surface area contributed by atoms with E-state index in [0.717, 1.165) is 18.4 Å². The molecule has 1 aliphatic heterocycles. The molecule has 0 bridgehead atoms. The van der Waals surface area contributed by atoms with Crippen molar-refractivity contribution in [3.05, 3.63) is 29.3 Å². The Morgan fingerprint density at radius 1 is 1.30 bits per heavy atom. The van der Waals surface area contributed by atoms with Crippen LogP contribution in [0.15, 0.2) is 18.2 Å². The number of carbonyl (C=O) groups excluding carboxylic acids is 1. The molecule has 1 aromatic carbocycles. The van der Waals surface area contributed by atoms with Crippen molar-refractivity contribution < 1.29 is 24.2 Å². The predicted molar refractivity (Wildman–Crippen MR) is 84.9 cm³/mol. The van der Waals surface area contributed by atoms with Crippen molar-refractivity contribution >= 4 is 12.1 Å². The van der Waals surface area contributed by atoms with Crippen LogP contribution in [-0.4, -0.2) is 41.3 Å². The summed E-state index contributed by atoms with van der Waals surface area (Å²) in [6.07, 6.45) is 1.35. The van der Waals surface area contributed by atoms with Crippen molar-refractivity contribution in [2.45, 2.75) is 45.3 Å². The fourth-order valence-electron chi connectivity index (χ4n) is 2.74. The van der Waals surface area contributed by atoms with Crippen LogP contribution in [0.2, 0.25) is 0 Å². The highest BCUT2D eigenvalue weighted by atomic mass is 16.6. The maximum absolute atomic E-state index is 12.4. The number of aromatic carboxylic acids is 1. The minimum Gasteiger partial charge on any atom is -0.496 e. The van der Waals surface area contributed by atoms with Gasteiger partial charge in [0.1, 0.15) is 16.9 Å². The van der Waals surface area contributed by atoms with Crippen molar-refractivity contribution in [2.75, 3.05) is 13.7 Å². The molecule has 6 nitrogen and oxygen atoms in total. The molecular formula is C17H23NO5. The van der Waals surface area contributed by atoms with E-state index in [1.165, 1.54) is 13.2 Å². The quantitative estimate of drug-likeness (QED) is 0.922. The van der Waals surface area contributed by atoms with E-state index in [0.29, 0.717) is 12.3 Å². The second-order valence-corrected chi connectivity index (χ2v) is 6.60. The SMILES string of the molecule is COc1cc(C2CCCN2C(=O)OC(C)(C)C)ccc1C(=O)O. The van der Waals surface area contributed by atoms with Crippen molar-refractivity contribution in [3.8, 4) is 5.75 Å². The zero-order valence-corrected chi connectivity index (χ0v) is 14.0. The van der Waals surface area contributed by atoms with E-state index in [9.17, 15) is 9.59 Å². The van der Waals surface area contributed by atoms with Crippen LogP contribution in [-0.2, 0) is 4.74 Å². The molecule has 0 aliphatic carbocycles. The first-order valence-electron chi connectivity index (χ1n) is 7.64. The number of carbonyl (C=O) groups is 2. The zero-order valence-electron chi connectivity index (χ0n) is 14.0. The molecule has 0 radical (unpaired) electrons. The molecule has 0 spiro atoms. The summed E-state index contributed by atoms with van der Waals surface area (Å²) >= 11 is 0. The maximum Gasteiger partial charge on any atom is 0.410 e. The van der Waals surface area contributed by atoms with Crippen LogP contribution >= 0.6 is 0 Å². The molecule has 1 atom stereocenters. The molecule has 1 N–H and O–H groups in total. The monoisotopic (exact) mass is 321 g/mol. The molecular weight excluding hydrogens is 298 g/mol. The van der Waals surface area contributed by atoms with Crippen LogP contribution in [0.4, 0.5) is 4.79 Å². The van der Waals surface area contributed by atoms with E-state index < -0.39 is 11.6 Å². The third kappa shape index (κ3) is 3.94. The summed E-state index contributed by atoms with van der Waals surface area (Å²) in [5.74, 6) is -0.741. The number of benzene rings is 1. The Labute approximate surface area is 136 Å². The molecule has 0 saturated carbocycles. The molecule has 2 rings (SSSR count). The molecule has 1 aromatic rings. The first-order chi connectivity index (χ1) is 10.7. The molecule has 1 aliphatic rings. The first kappa shape index (κ1) is 17.1. The number of rotatable bonds is 3. The normalized spacial score (nSPS) is 17.9. The lowest BCUT2D eigenvalue weighted by Crippen LogP contribution is -2.36. The molecule has 0 aromatic heterocycles. The van der Waals surface area contributed by atoms with Gasteiger partial charge in [-0.1, -0.05) is 6.07 Å². The second kappa shape index (κ2) is 6.48. The number of methoxy groups -OCH3 is 1. The van der Waals surface area contributed by atoms with Crippen molar-refractivity contribution in [1.82, 2.24) is 4.90 Å². The Hall–Kier alpha value is -2.24. The number of amides is 1. The molecule has 1 saturated heterocycles. The van der Waals surface area contributed by atoms with Crippen LogP contribution in [0.25, 0.3) is 0 Å². The minimum atomic E-state index is -1.04. The van der Waals surface area contributed by atoms with Gasteiger partial charge < -0.3 is 19.5 Å². The van der Waals surface area contributed by atoms with E-state index in [4.69, 9.17) is 14.6 Å². The third-order valence-electron chi connectivity index (χ3n) is 3.72. The van der Waals surface area contributed by atoms with Crippen LogP contribution < -0.4 is 4.74 Å². The van der Waals surface area contributed by atoms with Gasteiger partial charge >= 0.3 is 12.1 Å². The molecule has 23 heavy (non-hydrogen) atoms. The fraction of sp³-hybridized carbons (Fsp3) is 0.529. The lowest BCUT2D eigenvalue weighted by molar-refractivity contribution is 0.0224. The van der Waals surface area contributed by atoms with Gasteiger partial charge in [0.05, 0.1) is 13.2 Å². The van der Waals surface area contributed by atoms with Crippen LogP contribution in [0.3, 0.4) is 0 Å². The highest BCUT2D eigenvalue weighted by Gasteiger charge is 2.33. The molecule has 1 amide bonds. The summed E-state index contributed by atoms with van der Waals surface area (Å²) in [6.45, 7) is 6.13. The van der Waals surface area contributed by atoms with Gasteiger partial charge in [0.2, 0.25) is 0 Å². The first-order valence-corrected chi connectivity index (χ1v) is 7.64. The van der Waals surface area contributed by atoms with Gasteiger partial charge in [-0.2, -0.15) is 0 Å². The number of ether oxygens (including phenoxy) is 2. The molecule has 1 unspecified atom stereocenters. The number of hydrogen-bond donors (Lipinski definition) is 1. The Kier molecular flexibility index (Phi) is 4.82. The Morgan fingerprint density at radius 2 is 2.00 bits per heavy atom. The smallest absolute Gasteiger partial charge is 0.410 e. The number of hydrogen-bond acceptors (Lipinski definition) is 4. The molecule has 6 heteroatoms. The van der Waals surface area contributed by atoms with E-state index in [2.05, 4.69) is 0 Å². The van der Waals surface area contributed by atoms with Crippen molar-refractivity contribution in [3.63, 3.8) is 0 Å². The average Bonchev–Trinajstić information content (AvgIpc) is 2.94. The van der Waals surface area contributed by atoms with Crippen LogP contribution in [0, 0.1) is 0 Å². The number of carboxylic acid groups (broad SMARTS) is 1. The topological polar surface area (TPSA) is 76.1 Å². The largest absolute Gasteiger partial charge is 0.496 e. The van der Waals surface area contributed by atoms with Gasteiger partial charge in [0.25, 0.3) is 0 Å². The van der Waals surface area contributed by atoms with Gasteiger partial charge in [-0.3, -0.25) is 0 Å². The summed E-state index contributed by atoms with van der Waals surface area (Å²) in [5, 5.41) is 9.16. The predicted octanol–water partition coefficient (Wildman–Crippen LogP) is 3.47. The van der Waals surface area contributed by atoms with Gasteiger partial charge in [-0.15, -0.1) is 0 Å². The van der Waals surface area contributed by atoms with E-state index in [-0.39, 0.29) is 17.7 Å². The average molecular weight is 321 g/mol.